The van der Waals surface area contributed by atoms with Crippen LogP contribution in [0.25, 0.3) is 16.5 Å². The standard InChI is InChI=1S/C27H25N3O8/c1-5-38-18-9-6-16(7-10-18)29-15-21(19-13-24(36-3)25(37-4)14-20(19)27(29)32)26(31)28-22-12-17(30(33)34)8-11-23(22)35-2/h6-15H,5H2,1-4H3,(H,28,31). The SMILES string of the molecule is CCOc1ccc(-n2cc(C(=O)Nc3cc([N+](=O)[O-])ccc3OC)c3cc(OC)c(OC)cc3c2=O)cc1. The van der Waals surface area contributed by atoms with Gasteiger partial charge in [-0.15, -0.1) is 0 Å². The first-order chi connectivity index (χ1) is 18.3. The second-order valence-electron chi connectivity index (χ2n) is 7.99. The molecule has 1 aromatic heterocycles. The van der Waals surface area contributed by atoms with Gasteiger partial charge in [0, 0.05) is 29.4 Å². The lowest BCUT2D eigenvalue weighted by Crippen LogP contribution is -2.23. The normalized spacial score (nSPS) is 10.6. The van der Waals surface area contributed by atoms with E-state index in [-0.39, 0.29) is 28.1 Å². The number of nitrogens with one attached hydrogen (secondary N) is 1. The molecule has 11 heteroatoms. The zero-order chi connectivity index (χ0) is 27.4. The van der Waals surface area contributed by atoms with Gasteiger partial charge in [0.2, 0.25) is 0 Å². The Morgan fingerprint density at radius 2 is 1.55 bits per heavy atom. The lowest BCUT2D eigenvalue weighted by atomic mass is 10.0. The molecule has 0 radical (unpaired) electrons. The van der Waals surface area contributed by atoms with Gasteiger partial charge >= 0.3 is 0 Å². The van der Waals surface area contributed by atoms with Gasteiger partial charge in [0.15, 0.2) is 11.5 Å². The second-order valence-corrected chi connectivity index (χ2v) is 7.99. The van der Waals surface area contributed by atoms with E-state index in [1.807, 2.05) is 6.92 Å². The van der Waals surface area contributed by atoms with Crippen LogP contribution in [0.2, 0.25) is 0 Å². The predicted molar refractivity (Wildman–Crippen MR) is 141 cm³/mol. The Hall–Kier alpha value is -5.06. The van der Waals surface area contributed by atoms with Crippen molar-refractivity contribution in [2.75, 3.05) is 33.3 Å². The average molecular weight is 520 g/mol. The van der Waals surface area contributed by atoms with E-state index in [4.69, 9.17) is 18.9 Å². The number of hydrogen-bond acceptors (Lipinski definition) is 8. The van der Waals surface area contributed by atoms with E-state index >= 15 is 0 Å². The molecule has 196 valence electrons. The molecule has 4 aromatic rings. The third-order valence-electron chi connectivity index (χ3n) is 5.83. The Kier molecular flexibility index (Phi) is 7.47. The highest BCUT2D eigenvalue weighted by Gasteiger charge is 2.21. The molecule has 1 amide bonds. The molecule has 11 nitrogen and oxygen atoms in total. The summed E-state index contributed by atoms with van der Waals surface area (Å²) in [6.45, 7) is 2.35. The molecule has 1 heterocycles. The summed E-state index contributed by atoms with van der Waals surface area (Å²) in [5, 5.41) is 14.5. The van der Waals surface area contributed by atoms with Gasteiger partial charge in [0.05, 0.1) is 49.5 Å². The van der Waals surface area contributed by atoms with Crippen LogP contribution in [0.15, 0.2) is 65.6 Å². The zero-order valence-corrected chi connectivity index (χ0v) is 21.1. The van der Waals surface area contributed by atoms with Crippen LogP contribution in [0.3, 0.4) is 0 Å². The Labute approximate surface area is 217 Å². The number of non-ortho nitro benzene ring substituents is 1. The number of rotatable bonds is 9. The number of nitrogens with zero attached hydrogens (tertiary/aromatic N) is 2. The number of methoxy groups -OCH3 is 3. The maximum atomic E-state index is 13.6. The molecule has 0 spiro atoms. The third kappa shape index (κ3) is 4.94. The summed E-state index contributed by atoms with van der Waals surface area (Å²) in [5.74, 6) is 0.869. The molecule has 0 fully saturated rings. The maximum Gasteiger partial charge on any atom is 0.271 e. The predicted octanol–water partition coefficient (Wildman–Crippen LogP) is 4.58. The van der Waals surface area contributed by atoms with E-state index in [0.717, 1.165) is 0 Å². The van der Waals surface area contributed by atoms with E-state index in [9.17, 15) is 19.7 Å². The molecule has 3 aromatic carbocycles. The van der Waals surface area contributed by atoms with Crippen molar-refractivity contribution in [2.45, 2.75) is 6.92 Å². The van der Waals surface area contributed by atoms with Crippen LogP contribution in [0.1, 0.15) is 17.3 Å². The Bertz CT molecular complexity index is 1580. The number of carbonyl (C=O) groups is 1. The minimum absolute atomic E-state index is 0.0964. The van der Waals surface area contributed by atoms with Gasteiger partial charge in [-0.05, 0) is 49.4 Å². The first-order valence-corrected chi connectivity index (χ1v) is 11.5. The first-order valence-electron chi connectivity index (χ1n) is 11.5. The largest absolute Gasteiger partial charge is 0.495 e. The van der Waals surface area contributed by atoms with Crippen LogP contribution < -0.4 is 29.8 Å². The minimum atomic E-state index is -0.624. The summed E-state index contributed by atoms with van der Waals surface area (Å²) in [4.78, 5) is 37.9. The highest BCUT2D eigenvalue weighted by molar-refractivity contribution is 6.13. The smallest absolute Gasteiger partial charge is 0.271 e. The molecule has 4 rings (SSSR count). The average Bonchev–Trinajstić information content (AvgIpc) is 2.93. The lowest BCUT2D eigenvalue weighted by molar-refractivity contribution is -0.384. The molecule has 0 aliphatic heterocycles. The minimum Gasteiger partial charge on any atom is -0.495 e. The maximum absolute atomic E-state index is 13.6. The fourth-order valence-corrected chi connectivity index (χ4v) is 4.01. The summed E-state index contributed by atoms with van der Waals surface area (Å²) in [5.41, 5.74) is 0.0885. The monoisotopic (exact) mass is 519 g/mol. The number of ether oxygens (including phenoxy) is 4. The van der Waals surface area contributed by atoms with E-state index in [1.165, 1.54) is 62.4 Å². The topological polar surface area (TPSA) is 131 Å². The molecule has 0 unspecified atom stereocenters. The van der Waals surface area contributed by atoms with Crippen molar-refractivity contribution in [3.63, 3.8) is 0 Å². The van der Waals surface area contributed by atoms with Crippen molar-refractivity contribution in [2.24, 2.45) is 0 Å². The number of fused-ring (bicyclic) bond motifs is 1. The quantitative estimate of drug-likeness (QED) is 0.251. The fourth-order valence-electron chi connectivity index (χ4n) is 4.01. The molecule has 0 saturated heterocycles. The molecule has 0 saturated carbocycles. The van der Waals surface area contributed by atoms with Crippen LogP contribution in [-0.2, 0) is 0 Å². The summed E-state index contributed by atoms with van der Waals surface area (Å²) in [6.07, 6.45) is 1.41. The highest BCUT2D eigenvalue weighted by atomic mass is 16.6. The summed E-state index contributed by atoms with van der Waals surface area (Å²) in [7, 11) is 4.27. The molecule has 0 aliphatic rings. The Balaban J connectivity index is 1.92. The zero-order valence-electron chi connectivity index (χ0n) is 21.1. The van der Waals surface area contributed by atoms with Crippen molar-refractivity contribution in [1.82, 2.24) is 4.57 Å². The number of anilines is 1. The van der Waals surface area contributed by atoms with Crippen molar-refractivity contribution < 1.29 is 28.7 Å². The number of nitro groups is 1. The summed E-state index contributed by atoms with van der Waals surface area (Å²) < 4.78 is 22.9. The number of aromatic nitrogens is 1. The fraction of sp³-hybridized carbons (Fsp3) is 0.185. The van der Waals surface area contributed by atoms with Crippen molar-refractivity contribution in [3.8, 4) is 28.7 Å². The second kappa shape index (κ2) is 10.9. The summed E-state index contributed by atoms with van der Waals surface area (Å²) in [6, 6.07) is 13.7. The lowest BCUT2D eigenvalue weighted by Gasteiger charge is -2.16. The molecular weight excluding hydrogens is 494 g/mol. The van der Waals surface area contributed by atoms with Gasteiger partial charge < -0.3 is 24.3 Å². The van der Waals surface area contributed by atoms with Crippen molar-refractivity contribution >= 4 is 28.1 Å². The van der Waals surface area contributed by atoms with E-state index in [1.54, 1.807) is 24.3 Å². The van der Waals surface area contributed by atoms with Crippen molar-refractivity contribution in [1.29, 1.82) is 0 Å². The molecule has 38 heavy (non-hydrogen) atoms. The van der Waals surface area contributed by atoms with Crippen LogP contribution in [0.4, 0.5) is 11.4 Å². The van der Waals surface area contributed by atoms with Gasteiger partial charge in [-0.2, -0.15) is 0 Å². The van der Waals surface area contributed by atoms with Crippen LogP contribution >= 0.6 is 0 Å². The number of nitro benzene ring substituents is 1. The summed E-state index contributed by atoms with van der Waals surface area (Å²) >= 11 is 0. The number of amides is 1. The number of carbonyl (C=O) groups excluding carboxylic acids is 1. The van der Waals surface area contributed by atoms with Gasteiger partial charge in [0.25, 0.3) is 17.2 Å². The molecule has 1 N–H and O–H groups in total. The molecule has 0 bridgehead atoms. The number of benzene rings is 3. The number of pyridine rings is 1. The van der Waals surface area contributed by atoms with Gasteiger partial charge in [-0.1, -0.05) is 0 Å². The number of hydrogen-bond donors (Lipinski definition) is 1. The highest BCUT2D eigenvalue weighted by Crippen LogP contribution is 2.34. The van der Waals surface area contributed by atoms with Crippen LogP contribution in [0, 0.1) is 10.1 Å². The van der Waals surface area contributed by atoms with E-state index in [0.29, 0.717) is 34.9 Å². The Morgan fingerprint density at radius 1 is 0.921 bits per heavy atom. The Morgan fingerprint density at radius 3 is 2.13 bits per heavy atom. The molecule has 0 aliphatic carbocycles. The van der Waals surface area contributed by atoms with Crippen molar-refractivity contribution in [3.05, 3.63) is 86.8 Å². The van der Waals surface area contributed by atoms with Crippen LogP contribution in [-0.4, -0.2) is 43.3 Å². The third-order valence-corrected chi connectivity index (χ3v) is 5.83. The van der Waals surface area contributed by atoms with Gasteiger partial charge in [-0.3, -0.25) is 24.3 Å². The molecule has 0 atom stereocenters. The van der Waals surface area contributed by atoms with Crippen LogP contribution in [0.5, 0.6) is 23.0 Å². The van der Waals surface area contributed by atoms with Gasteiger partial charge in [0.1, 0.15) is 11.5 Å². The van der Waals surface area contributed by atoms with E-state index < -0.39 is 16.4 Å². The van der Waals surface area contributed by atoms with E-state index in [2.05, 4.69) is 5.32 Å². The first kappa shape index (κ1) is 26.0. The molecular formula is C27H25N3O8. The van der Waals surface area contributed by atoms with Gasteiger partial charge in [-0.25, -0.2) is 0 Å².